The molecule has 0 unspecified atom stereocenters. The minimum atomic E-state index is -0.866. The lowest BCUT2D eigenvalue weighted by molar-refractivity contribution is 0.284. The zero-order valence-corrected chi connectivity index (χ0v) is 16.4. The molecule has 0 aliphatic carbocycles. The minimum absolute atomic E-state index is 0.136. The van der Waals surface area contributed by atoms with Gasteiger partial charge in [-0.1, -0.05) is 42.5 Å². The van der Waals surface area contributed by atoms with Crippen LogP contribution >= 0.6 is 0 Å². The summed E-state index contributed by atoms with van der Waals surface area (Å²) in [6, 6.07) is 21.4. The molecule has 3 aromatic carbocycles. The average molecular weight is 406 g/mol. The zero-order valence-electron chi connectivity index (χ0n) is 16.4. The predicted octanol–water partition coefficient (Wildman–Crippen LogP) is 5.46. The Morgan fingerprint density at radius 2 is 1.73 bits per heavy atom. The fraction of sp³-hybridized carbons (Fsp3) is 0.125. The van der Waals surface area contributed by atoms with Crippen molar-refractivity contribution < 1.29 is 18.3 Å². The van der Waals surface area contributed by atoms with Crippen molar-refractivity contribution in [2.75, 3.05) is 7.11 Å². The fourth-order valence-corrected chi connectivity index (χ4v) is 3.13. The Morgan fingerprint density at radius 1 is 0.900 bits per heavy atom. The molecule has 0 radical (unpaired) electrons. The standard InChI is InChI=1S/C24H20F2N2O2/c1-29-22-11-10-18(14-23(22)30-16-17-6-3-2-4-7-17)21-12-13-28(27-21)15-19-8-5-9-20(25)24(19)26/h2-14H,15-16H2,1H3. The maximum atomic E-state index is 13.9. The number of benzene rings is 3. The summed E-state index contributed by atoms with van der Waals surface area (Å²) >= 11 is 0. The van der Waals surface area contributed by atoms with Crippen molar-refractivity contribution in [2.45, 2.75) is 13.2 Å². The molecule has 0 aliphatic rings. The van der Waals surface area contributed by atoms with E-state index in [0.717, 1.165) is 17.2 Å². The van der Waals surface area contributed by atoms with Gasteiger partial charge in [-0.05, 0) is 35.9 Å². The molecular weight excluding hydrogens is 386 g/mol. The Bertz CT molecular complexity index is 1140. The first-order valence-electron chi connectivity index (χ1n) is 9.45. The normalized spacial score (nSPS) is 10.8. The van der Waals surface area contributed by atoms with Gasteiger partial charge in [-0.2, -0.15) is 5.10 Å². The van der Waals surface area contributed by atoms with Crippen LogP contribution in [0.5, 0.6) is 11.5 Å². The van der Waals surface area contributed by atoms with E-state index in [1.54, 1.807) is 24.1 Å². The fourth-order valence-electron chi connectivity index (χ4n) is 3.13. The van der Waals surface area contributed by atoms with E-state index in [1.165, 1.54) is 6.07 Å². The molecule has 30 heavy (non-hydrogen) atoms. The summed E-state index contributed by atoms with van der Waals surface area (Å²) in [5.74, 6) is -0.494. The topological polar surface area (TPSA) is 36.3 Å². The Hall–Kier alpha value is -3.67. The first-order valence-corrected chi connectivity index (χ1v) is 9.45. The number of ether oxygens (including phenoxy) is 2. The summed E-state index contributed by atoms with van der Waals surface area (Å²) in [7, 11) is 1.59. The largest absolute Gasteiger partial charge is 0.493 e. The second-order valence-corrected chi connectivity index (χ2v) is 6.75. The van der Waals surface area contributed by atoms with Gasteiger partial charge in [0.15, 0.2) is 23.1 Å². The number of methoxy groups -OCH3 is 1. The quantitative estimate of drug-likeness (QED) is 0.409. The lowest BCUT2D eigenvalue weighted by Gasteiger charge is -2.12. The molecule has 6 heteroatoms. The Labute approximate surface area is 173 Å². The predicted molar refractivity (Wildman–Crippen MR) is 110 cm³/mol. The molecule has 4 aromatic rings. The van der Waals surface area contributed by atoms with Crippen molar-refractivity contribution in [3.05, 3.63) is 102 Å². The monoisotopic (exact) mass is 406 g/mol. The van der Waals surface area contributed by atoms with Crippen LogP contribution in [-0.2, 0) is 13.2 Å². The van der Waals surface area contributed by atoms with Gasteiger partial charge in [-0.3, -0.25) is 4.68 Å². The highest BCUT2D eigenvalue weighted by atomic mass is 19.2. The second kappa shape index (κ2) is 8.78. The van der Waals surface area contributed by atoms with Crippen molar-refractivity contribution in [3.8, 4) is 22.8 Å². The lowest BCUT2D eigenvalue weighted by atomic mass is 10.1. The smallest absolute Gasteiger partial charge is 0.163 e. The van der Waals surface area contributed by atoms with E-state index in [0.29, 0.717) is 23.8 Å². The second-order valence-electron chi connectivity index (χ2n) is 6.75. The number of hydrogen-bond donors (Lipinski definition) is 0. The molecule has 4 nitrogen and oxygen atoms in total. The van der Waals surface area contributed by atoms with E-state index >= 15 is 0 Å². The van der Waals surface area contributed by atoms with Gasteiger partial charge in [0.05, 0.1) is 19.3 Å². The van der Waals surface area contributed by atoms with E-state index < -0.39 is 11.6 Å². The Morgan fingerprint density at radius 3 is 2.53 bits per heavy atom. The van der Waals surface area contributed by atoms with E-state index in [-0.39, 0.29) is 12.1 Å². The molecular formula is C24H20F2N2O2. The molecule has 0 spiro atoms. The van der Waals surface area contributed by atoms with Gasteiger partial charge in [0.25, 0.3) is 0 Å². The van der Waals surface area contributed by atoms with Gasteiger partial charge in [0, 0.05) is 17.3 Å². The first-order chi connectivity index (χ1) is 14.6. The summed E-state index contributed by atoms with van der Waals surface area (Å²) in [5.41, 5.74) is 2.81. The van der Waals surface area contributed by atoms with E-state index in [2.05, 4.69) is 5.10 Å². The van der Waals surface area contributed by atoms with Gasteiger partial charge in [-0.25, -0.2) is 8.78 Å². The highest BCUT2D eigenvalue weighted by molar-refractivity contribution is 5.63. The molecule has 1 aromatic heterocycles. The van der Waals surface area contributed by atoms with Crippen molar-refractivity contribution in [3.63, 3.8) is 0 Å². The summed E-state index contributed by atoms with van der Waals surface area (Å²) in [6.07, 6.45) is 1.73. The Kier molecular flexibility index (Phi) is 5.75. The lowest BCUT2D eigenvalue weighted by Crippen LogP contribution is -2.04. The van der Waals surface area contributed by atoms with Crippen LogP contribution in [0.25, 0.3) is 11.3 Å². The first kappa shape index (κ1) is 19.6. The summed E-state index contributed by atoms with van der Waals surface area (Å²) in [5, 5.41) is 4.49. The zero-order chi connectivity index (χ0) is 20.9. The maximum Gasteiger partial charge on any atom is 0.163 e. The molecule has 0 fully saturated rings. The van der Waals surface area contributed by atoms with Crippen LogP contribution in [0.3, 0.4) is 0 Å². The molecule has 0 N–H and O–H groups in total. The minimum Gasteiger partial charge on any atom is -0.493 e. The van der Waals surface area contributed by atoms with Gasteiger partial charge in [-0.15, -0.1) is 0 Å². The molecule has 4 rings (SSSR count). The van der Waals surface area contributed by atoms with Gasteiger partial charge < -0.3 is 9.47 Å². The molecule has 152 valence electrons. The van der Waals surface area contributed by atoms with Crippen molar-refractivity contribution in [2.24, 2.45) is 0 Å². The number of nitrogens with zero attached hydrogens (tertiary/aromatic N) is 2. The third-order valence-corrected chi connectivity index (χ3v) is 4.70. The number of hydrogen-bond acceptors (Lipinski definition) is 3. The number of aromatic nitrogens is 2. The van der Waals surface area contributed by atoms with Crippen molar-refractivity contribution in [1.29, 1.82) is 0 Å². The van der Waals surface area contributed by atoms with Crippen LogP contribution in [0.2, 0.25) is 0 Å². The summed E-state index contributed by atoms with van der Waals surface area (Å²) in [4.78, 5) is 0. The summed E-state index contributed by atoms with van der Waals surface area (Å²) < 4.78 is 40.3. The van der Waals surface area contributed by atoms with Gasteiger partial charge in [0.2, 0.25) is 0 Å². The molecule has 1 heterocycles. The molecule has 0 saturated heterocycles. The van der Waals surface area contributed by atoms with E-state index in [1.807, 2.05) is 54.6 Å². The van der Waals surface area contributed by atoms with Crippen LogP contribution in [0.1, 0.15) is 11.1 Å². The van der Waals surface area contributed by atoms with Crippen LogP contribution in [0.4, 0.5) is 8.78 Å². The SMILES string of the molecule is COc1ccc(-c2ccn(Cc3cccc(F)c3F)n2)cc1OCc1ccccc1. The van der Waals surface area contributed by atoms with Crippen molar-refractivity contribution in [1.82, 2.24) is 9.78 Å². The maximum absolute atomic E-state index is 13.9. The van der Waals surface area contributed by atoms with Crippen LogP contribution in [0, 0.1) is 11.6 Å². The average Bonchev–Trinajstić information content (AvgIpc) is 3.24. The number of rotatable bonds is 7. The highest BCUT2D eigenvalue weighted by Gasteiger charge is 2.12. The van der Waals surface area contributed by atoms with Crippen LogP contribution < -0.4 is 9.47 Å². The molecule has 0 bridgehead atoms. The summed E-state index contributed by atoms with van der Waals surface area (Å²) in [6.45, 7) is 0.547. The van der Waals surface area contributed by atoms with Crippen LogP contribution in [0.15, 0.2) is 79.0 Å². The molecule has 0 saturated carbocycles. The van der Waals surface area contributed by atoms with Crippen molar-refractivity contribution >= 4 is 0 Å². The van der Waals surface area contributed by atoms with E-state index in [4.69, 9.17) is 9.47 Å². The number of halogens is 2. The van der Waals surface area contributed by atoms with Gasteiger partial charge >= 0.3 is 0 Å². The van der Waals surface area contributed by atoms with Crippen LogP contribution in [-0.4, -0.2) is 16.9 Å². The molecule has 0 aliphatic heterocycles. The molecule has 0 amide bonds. The van der Waals surface area contributed by atoms with Gasteiger partial charge in [0.1, 0.15) is 6.61 Å². The third kappa shape index (κ3) is 4.33. The molecule has 0 atom stereocenters. The third-order valence-electron chi connectivity index (χ3n) is 4.70. The highest BCUT2D eigenvalue weighted by Crippen LogP contribution is 2.32. The Balaban J connectivity index is 1.54. The van der Waals surface area contributed by atoms with E-state index in [9.17, 15) is 8.78 Å².